The van der Waals surface area contributed by atoms with Crippen LogP contribution >= 0.6 is 0 Å². The van der Waals surface area contributed by atoms with Gasteiger partial charge in [0.2, 0.25) is 0 Å². The number of urea groups is 1. The molecule has 4 aromatic rings. The lowest BCUT2D eigenvalue weighted by Crippen LogP contribution is -2.54. The van der Waals surface area contributed by atoms with Gasteiger partial charge in [-0.25, -0.2) is 14.0 Å². The van der Waals surface area contributed by atoms with Crippen LogP contribution in [0.4, 0.5) is 25.4 Å². The molecule has 12 heteroatoms. The number of hydrogen-bond acceptors (Lipinski definition) is 6. The fraction of sp³-hybridized carbons (Fsp3) is 0.389. The predicted octanol–water partition coefficient (Wildman–Crippen LogP) is 4.96. The van der Waals surface area contributed by atoms with Gasteiger partial charge in [-0.3, -0.25) is 9.89 Å². The monoisotopic (exact) mass is 653 g/mol. The summed E-state index contributed by atoms with van der Waals surface area (Å²) in [4.78, 5) is 48.1. The van der Waals surface area contributed by atoms with Crippen molar-refractivity contribution in [3.8, 4) is 0 Å². The van der Waals surface area contributed by atoms with E-state index >= 15 is 0 Å². The standard InChI is InChI=1S/C36H40FN7O4/c1-24-20-25(21-27-23-38-40-33(24)27)22-32(34(45)42-18-16-41(17-19-42)29-8-6-28(37)7-9-29)48-36(47)43-13-11-30(12-14-43)44-15-10-26-4-2-3-5-31(26)39-35(44)46/h2-9,20-21,23,30,32H,10-19,22H2,1H3,(H,38,40)(H,39,46). The SMILES string of the molecule is Cc1cc(CC(OC(=O)N2CCC(N3CCc4ccccc4NC3=O)CC2)C(=O)N2CCN(c3ccc(F)cc3)CC2)cc2cn[nH]c12. The van der Waals surface area contributed by atoms with Gasteiger partial charge >= 0.3 is 12.1 Å². The van der Waals surface area contributed by atoms with Crippen molar-refractivity contribution in [1.29, 1.82) is 0 Å². The van der Waals surface area contributed by atoms with Crippen LogP contribution in [0.3, 0.4) is 0 Å². The number of piperidine rings is 1. The number of aromatic nitrogens is 2. The van der Waals surface area contributed by atoms with Crippen LogP contribution < -0.4 is 10.2 Å². The highest BCUT2D eigenvalue weighted by Crippen LogP contribution is 2.26. The Morgan fingerprint density at radius 3 is 2.48 bits per heavy atom. The first-order valence-corrected chi connectivity index (χ1v) is 16.7. The number of carbonyl (C=O) groups excluding carboxylic acids is 3. The molecule has 1 atom stereocenters. The molecule has 48 heavy (non-hydrogen) atoms. The molecular formula is C36H40FN7O4. The summed E-state index contributed by atoms with van der Waals surface area (Å²) in [6.07, 6.45) is 2.46. The molecular weight excluding hydrogens is 613 g/mol. The van der Waals surface area contributed by atoms with Crippen molar-refractivity contribution in [1.82, 2.24) is 24.9 Å². The van der Waals surface area contributed by atoms with Crippen molar-refractivity contribution in [2.24, 2.45) is 0 Å². The van der Waals surface area contributed by atoms with E-state index in [1.54, 1.807) is 28.1 Å². The molecule has 0 spiro atoms. The lowest BCUT2D eigenvalue weighted by atomic mass is 10.0. The molecule has 250 valence electrons. The summed E-state index contributed by atoms with van der Waals surface area (Å²) >= 11 is 0. The highest BCUT2D eigenvalue weighted by molar-refractivity contribution is 5.91. The Labute approximate surface area is 278 Å². The molecule has 2 fully saturated rings. The molecule has 3 aliphatic rings. The van der Waals surface area contributed by atoms with Gasteiger partial charge in [-0.2, -0.15) is 5.10 Å². The molecule has 3 aliphatic heterocycles. The third-order valence-corrected chi connectivity index (χ3v) is 9.83. The third-order valence-electron chi connectivity index (χ3n) is 9.83. The molecule has 0 radical (unpaired) electrons. The highest BCUT2D eigenvalue weighted by Gasteiger charge is 2.35. The largest absolute Gasteiger partial charge is 0.436 e. The number of carbonyl (C=O) groups is 3. The van der Waals surface area contributed by atoms with E-state index in [9.17, 15) is 18.8 Å². The number of amides is 4. The number of piperazine rings is 1. The zero-order valence-corrected chi connectivity index (χ0v) is 27.0. The fourth-order valence-electron chi connectivity index (χ4n) is 7.16. The molecule has 3 aromatic carbocycles. The lowest BCUT2D eigenvalue weighted by Gasteiger charge is -2.39. The van der Waals surface area contributed by atoms with Crippen LogP contribution in [0.1, 0.15) is 29.5 Å². The lowest BCUT2D eigenvalue weighted by molar-refractivity contribution is -0.141. The molecule has 2 N–H and O–H groups in total. The third kappa shape index (κ3) is 6.65. The van der Waals surface area contributed by atoms with Crippen LogP contribution in [0.5, 0.6) is 0 Å². The number of fused-ring (bicyclic) bond motifs is 2. The number of likely N-dealkylation sites (tertiary alicyclic amines) is 1. The number of para-hydroxylation sites is 1. The van der Waals surface area contributed by atoms with Gasteiger partial charge in [-0.15, -0.1) is 0 Å². The first-order chi connectivity index (χ1) is 23.3. The Morgan fingerprint density at radius 1 is 0.958 bits per heavy atom. The Hall–Kier alpha value is -5.13. The average molecular weight is 654 g/mol. The van der Waals surface area contributed by atoms with Crippen LogP contribution in [-0.4, -0.2) is 101 Å². The molecule has 4 heterocycles. The topological polar surface area (TPSA) is 114 Å². The van der Waals surface area contributed by atoms with Gasteiger partial charge in [0.05, 0.1) is 11.7 Å². The van der Waals surface area contributed by atoms with Gasteiger partial charge < -0.3 is 29.7 Å². The van der Waals surface area contributed by atoms with Crippen LogP contribution in [-0.2, 0) is 22.4 Å². The summed E-state index contributed by atoms with van der Waals surface area (Å²) in [5.41, 5.74) is 5.67. The number of hydrogen-bond donors (Lipinski definition) is 2. The van der Waals surface area contributed by atoms with Gasteiger partial charge in [0, 0.05) is 75.0 Å². The second-order valence-electron chi connectivity index (χ2n) is 12.9. The van der Waals surface area contributed by atoms with Crippen LogP contribution in [0.15, 0.2) is 66.9 Å². The highest BCUT2D eigenvalue weighted by atomic mass is 19.1. The Balaban J connectivity index is 1.01. The molecule has 0 bridgehead atoms. The zero-order chi connectivity index (χ0) is 33.2. The van der Waals surface area contributed by atoms with Crippen molar-refractivity contribution in [2.75, 3.05) is 56.0 Å². The number of halogens is 1. The van der Waals surface area contributed by atoms with Crippen molar-refractivity contribution < 1.29 is 23.5 Å². The Morgan fingerprint density at radius 2 is 1.71 bits per heavy atom. The first kappa shape index (κ1) is 31.5. The van der Waals surface area contributed by atoms with Crippen LogP contribution in [0.2, 0.25) is 0 Å². The van der Waals surface area contributed by atoms with E-state index in [1.807, 2.05) is 48.2 Å². The van der Waals surface area contributed by atoms with Crippen molar-refractivity contribution in [2.45, 2.75) is 44.8 Å². The number of H-pyrrole nitrogens is 1. The number of anilines is 2. The number of rotatable bonds is 6. The van der Waals surface area contributed by atoms with Gasteiger partial charge in [-0.05, 0) is 79.3 Å². The van der Waals surface area contributed by atoms with Crippen molar-refractivity contribution >= 4 is 40.3 Å². The van der Waals surface area contributed by atoms with Crippen molar-refractivity contribution in [3.63, 3.8) is 0 Å². The van der Waals surface area contributed by atoms with E-state index in [0.717, 1.165) is 45.4 Å². The van der Waals surface area contributed by atoms with E-state index in [0.29, 0.717) is 58.7 Å². The number of nitrogens with zero attached hydrogens (tertiary/aromatic N) is 5. The number of nitrogens with one attached hydrogen (secondary N) is 2. The van der Waals surface area contributed by atoms with E-state index in [-0.39, 0.29) is 30.2 Å². The fourth-order valence-corrected chi connectivity index (χ4v) is 7.16. The molecule has 7 rings (SSSR count). The normalized spacial score (nSPS) is 17.9. The zero-order valence-electron chi connectivity index (χ0n) is 27.0. The quantitative estimate of drug-likeness (QED) is 0.304. The second kappa shape index (κ2) is 13.5. The maximum Gasteiger partial charge on any atom is 0.410 e. The maximum absolute atomic E-state index is 14.0. The van der Waals surface area contributed by atoms with Crippen LogP contribution in [0, 0.1) is 12.7 Å². The van der Waals surface area contributed by atoms with Gasteiger partial charge in [0.25, 0.3) is 5.91 Å². The number of benzene rings is 3. The smallest absolute Gasteiger partial charge is 0.410 e. The minimum Gasteiger partial charge on any atom is -0.436 e. The number of aryl methyl sites for hydroxylation is 1. The van der Waals surface area contributed by atoms with E-state index in [4.69, 9.17) is 4.74 Å². The van der Waals surface area contributed by atoms with Gasteiger partial charge in [-0.1, -0.05) is 24.3 Å². The molecule has 11 nitrogen and oxygen atoms in total. The molecule has 0 saturated carbocycles. The maximum atomic E-state index is 14.0. The van der Waals surface area contributed by atoms with Gasteiger partial charge in [0.15, 0.2) is 6.10 Å². The van der Waals surface area contributed by atoms with Gasteiger partial charge in [0.1, 0.15) is 5.82 Å². The summed E-state index contributed by atoms with van der Waals surface area (Å²) < 4.78 is 19.5. The van der Waals surface area contributed by atoms with Crippen molar-refractivity contribution in [3.05, 3.63) is 89.4 Å². The average Bonchev–Trinajstić information content (AvgIpc) is 3.52. The molecule has 4 amide bonds. The van der Waals surface area contributed by atoms with E-state index in [2.05, 4.69) is 20.4 Å². The second-order valence-corrected chi connectivity index (χ2v) is 12.9. The summed E-state index contributed by atoms with van der Waals surface area (Å²) in [7, 11) is 0. The van der Waals surface area contributed by atoms with E-state index in [1.165, 1.54) is 12.1 Å². The molecule has 1 aromatic heterocycles. The van der Waals surface area contributed by atoms with Crippen LogP contribution in [0.25, 0.3) is 10.9 Å². The molecule has 0 aliphatic carbocycles. The summed E-state index contributed by atoms with van der Waals surface area (Å²) in [5, 5.41) is 11.1. The predicted molar refractivity (Wildman–Crippen MR) is 180 cm³/mol. The molecule has 2 saturated heterocycles. The summed E-state index contributed by atoms with van der Waals surface area (Å²) in [6, 6.07) is 18.1. The summed E-state index contributed by atoms with van der Waals surface area (Å²) in [5.74, 6) is -0.522. The summed E-state index contributed by atoms with van der Waals surface area (Å²) in [6.45, 7) is 5.53. The first-order valence-electron chi connectivity index (χ1n) is 16.7. The minimum absolute atomic E-state index is 0.00265. The number of ether oxygens (including phenoxy) is 1. The van der Waals surface area contributed by atoms with E-state index < -0.39 is 12.2 Å². The Bertz CT molecular complexity index is 1800. The minimum atomic E-state index is -1.01. The number of aromatic amines is 1. The molecule has 1 unspecified atom stereocenters. The Kier molecular flexibility index (Phi) is 8.88.